The maximum Gasteiger partial charge on any atom is 0.221 e. The first kappa shape index (κ1) is 18.2. The van der Waals surface area contributed by atoms with Crippen molar-refractivity contribution >= 4 is 22.8 Å². The number of halogens is 1. The summed E-state index contributed by atoms with van der Waals surface area (Å²) in [6.45, 7) is 6.76. The molecular weight excluding hydrogens is 351 g/mol. The fraction of sp³-hybridized carbons (Fsp3) is 0.211. The van der Waals surface area contributed by atoms with Gasteiger partial charge in [0.2, 0.25) is 5.78 Å². The second kappa shape index (κ2) is 7.31. The summed E-state index contributed by atoms with van der Waals surface area (Å²) >= 11 is 1.38. The molecule has 5 nitrogen and oxygen atoms in total. The van der Waals surface area contributed by atoms with Crippen LogP contribution in [0.4, 0.5) is 10.1 Å². The van der Waals surface area contributed by atoms with Crippen molar-refractivity contribution in [3.8, 4) is 10.4 Å². The highest BCUT2D eigenvalue weighted by atomic mass is 32.1. The molecule has 0 saturated carbocycles. The largest absolute Gasteiger partial charge is 0.400 e. The second-order valence-electron chi connectivity index (χ2n) is 6.14. The Morgan fingerprint density at radius 1 is 1.46 bits per heavy atom. The number of nitrogens with zero attached hydrogens (tertiary/aromatic N) is 1. The van der Waals surface area contributed by atoms with Gasteiger partial charge in [-0.25, -0.2) is 4.39 Å². The minimum absolute atomic E-state index is 0.189. The van der Waals surface area contributed by atoms with Crippen molar-refractivity contribution in [3.63, 3.8) is 0 Å². The highest BCUT2D eigenvalue weighted by Crippen LogP contribution is 2.42. The fourth-order valence-electron chi connectivity index (χ4n) is 3.12. The Balaban J connectivity index is 2.11. The zero-order chi connectivity index (χ0) is 18.8. The van der Waals surface area contributed by atoms with E-state index in [0.717, 1.165) is 28.1 Å². The zero-order valence-corrected chi connectivity index (χ0v) is 15.3. The number of nitrogens with one attached hydrogen (secondary N) is 1. The molecule has 1 aromatic carbocycles. The summed E-state index contributed by atoms with van der Waals surface area (Å²) in [6, 6.07) is 6.62. The van der Waals surface area contributed by atoms with E-state index >= 15 is 0 Å². The van der Waals surface area contributed by atoms with Crippen LogP contribution in [0.1, 0.15) is 22.2 Å². The molecule has 2 aromatic rings. The summed E-state index contributed by atoms with van der Waals surface area (Å²) in [5.41, 5.74) is 11.4. The molecule has 0 spiro atoms. The Labute approximate surface area is 155 Å². The maximum absolute atomic E-state index is 13.8. The minimum Gasteiger partial charge on any atom is -0.400 e. The Morgan fingerprint density at radius 2 is 2.23 bits per heavy atom. The highest BCUT2D eigenvalue weighted by Gasteiger charge is 2.25. The molecule has 0 fully saturated rings. The van der Waals surface area contributed by atoms with Gasteiger partial charge in [-0.05, 0) is 43.2 Å². The van der Waals surface area contributed by atoms with E-state index in [1.54, 1.807) is 19.1 Å². The number of allylic oxidation sites excluding steroid dienone is 2. The van der Waals surface area contributed by atoms with Crippen molar-refractivity contribution in [2.24, 2.45) is 11.6 Å². The van der Waals surface area contributed by atoms with Gasteiger partial charge in [0.25, 0.3) is 0 Å². The van der Waals surface area contributed by atoms with Crippen LogP contribution in [0.15, 0.2) is 48.3 Å². The maximum atomic E-state index is 13.8. The number of benzene rings is 1. The van der Waals surface area contributed by atoms with Gasteiger partial charge in [0.1, 0.15) is 11.5 Å². The average molecular weight is 372 g/mol. The van der Waals surface area contributed by atoms with Crippen molar-refractivity contribution in [1.82, 2.24) is 5.43 Å². The van der Waals surface area contributed by atoms with Gasteiger partial charge in [-0.1, -0.05) is 6.08 Å². The molecule has 7 heteroatoms. The van der Waals surface area contributed by atoms with E-state index in [9.17, 15) is 9.18 Å². The van der Waals surface area contributed by atoms with E-state index < -0.39 is 0 Å². The molecule has 3 rings (SSSR count). The van der Waals surface area contributed by atoms with Crippen LogP contribution in [0.3, 0.4) is 0 Å². The van der Waals surface area contributed by atoms with Crippen molar-refractivity contribution in [1.29, 1.82) is 0 Å². The number of hydrazine groups is 1. The SMILES string of the molecule is C=CCN1CCc2cc(C(=O)/C(NN)=C(\C)N)sc2-c2ccc(F)cc21. The fourth-order valence-corrected chi connectivity index (χ4v) is 4.31. The first-order chi connectivity index (χ1) is 12.5. The van der Waals surface area contributed by atoms with Gasteiger partial charge in [-0.3, -0.25) is 10.6 Å². The topological polar surface area (TPSA) is 84.4 Å². The third-order valence-electron chi connectivity index (χ3n) is 4.34. The average Bonchev–Trinajstić information content (AvgIpc) is 2.97. The van der Waals surface area contributed by atoms with E-state index in [1.165, 1.54) is 23.5 Å². The van der Waals surface area contributed by atoms with Gasteiger partial charge in [-0.2, -0.15) is 0 Å². The number of carbonyl (C=O) groups is 1. The third kappa shape index (κ3) is 3.23. The first-order valence-electron chi connectivity index (χ1n) is 8.22. The molecule has 5 N–H and O–H groups in total. The molecule has 0 amide bonds. The van der Waals surface area contributed by atoms with E-state index in [4.69, 9.17) is 11.6 Å². The quantitative estimate of drug-likeness (QED) is 0.247. The molecule has 1 aliphatic rings. The van der Waals surface area contributed by atoms with E-state index in [1.807, 2.05) is 6.07 Å². The Bertz CT molecular complexity index is 899. The summed E-state index contributed by atoms with van der Waals surface area (Å²) in [6.07, 6.45) is 2.55. The van der Waals surface area contributed by atoms with Crippen LogP contribution in [-0.4, -0.2) is 18.9 Å². The lowest BCUT2D eigenvalue weighted by atomic mass is 10.1. The number of rotatable bonds is 5. The van der Waals surface area contributed by atoms with Gasteiger partial charge in [-0.15, -0.1) is 17.9 Å². The zero-order valence-electron chi connectivity index (χ0n) is 14.5. The van der Waals surface area contributed by atoms with Crippen LogP contribution in [-0.2, 0) is 6.42 Å². The standard InChI is InChI=1S/C19H21FN4OS/c1-3-7-24-8-6-12-9-16(18(25)17(23-22)11(2)21)26-19(12)14-5-4-13(20)10-15(14)24/h3-5,9-10,23H,1,6-8,21-22H2,2H3/b17-11-. The van der Waals surface area contributed by atoms with Crippen LogP contribution >= 0.6 is 11.3 Å². The molecule has 0 saturated heterocycles. The molecular formula is C19H21FN4OS. The molecule has 0 radical (unpaired) electrons. The third-order valence-corrected chi connectivity index (χ3v) is 5.55. The highest BCUT2D eigenvalue weighted by molar-refractivity contribution is 7.17. The lowest BCUT2D eigenvalue weighted by molar-refractivity contribution is 0.102. The van der Waals surface area contributed by atoms with E-state index in [-0.39, 0.29) is 17.3 Å². The number of fused-ring (bicyclic) bond motifs is 3. The molecule has 1 aliphatic heterocycles. The number of carbonyl (C=O) groups excluding carboxylic acids is 1. The molecule has 0 unspecified atom stereocenters. The number of hydrogen-bond donors (Lipinski definition) is 3. The second-order valence-corrected chi connectivity index (χ2v) is 7.19. The molecule has 1 aromatic heterocycles. The van der Waals surface area contributed by atoms with Crippen molar-refractivity contribution < 1.29 is 9.18 Å². The number of Topliss-reactive ketones (excluding diaryl/α,β-unsaturated/α-hetero) is 1. The summed E-state index contributed by atoms with van der Waals surface area (Å²) in [7, 11) is 0. The number of hydrogen-bond acceptors (Lipinski definition) is 6. The Kier molecular flexibility index (Phi) is 5.11. The van der Waals surface area contributed by atoms with Crippen LogP contribution in [0, 0.1) is 5.82 Å². The predicted molar refractivity (Wildman–Crippen MR) is 104 cm³/mol. The first-order valence-corrected chi connectivity index (χ1v) is 9.04. The number of anilines is 1. The Morgan fingerprint density at radius 3 is 2.88 bits per heavy atom. The van der Waals surface area contributed by atoms with Crippen LogP contribution < -0.4 is 21.9 Å². The van der Waals surface area contributed by atoms with Gasteiger partial charge in [0, 0.05) is 34.9 Å². The van der Waals surface area contributed by atoms with Crippen LogP contribution in [0.5, 0.6) is 0 Å². The molecule has 2 heterocycles. The van der Waals surface area contributed by atoms with E-state index in [2.05, 4.69) is 16.9 Å². The smallest absolute Gasteiger partial charge is 0.221 e. The van der Waals surface area contributed by atoms with Crippen LogP contribution in [0.2, 0.25) is 0 Å². The minimum atomic E-state index is -0.287. The number of nitrogens with two attached hydrogens (primary N) is 2. The monoisotopic (exact) mass is 372 g/mol. The van der Waals surface area contributed by atoms with Gasteiger partial charge in [0.05, 0.1) is 4.88 Å². The van der Waals surface area contributed by atoms with Crippen molar-refractivity contribution in [2.45, 2.75) is 13.3 Å². The van der Waals surface area contributed by atoms with Crippen molar-refractivity contribution in [2.75, 3.05) is 18.0 Å². The van der Waals surface area contributed by atoms with Gasteiger partial charge >= 0.3 is 0 Å². The number of ketones is 1. The molecule has 136 valence electrons. The lowest BCUT2D eigenvalue weighted by Gasteiger charge is -2.23. The summed E-state index contributed by atoms with van der Waals surface area (Å²) in [4.78, 5) is 16.3. The summed E-state index contributed by atoms with van der Waals surface area (Å²) < 4.78 is 13.8. The molecule has 0 atom stereocenters. The summed E-state index contributed by atoms with van der Waals surface area (Å²) in [5.74, 6) is 4.92. The normalized spacial score (nSPS) is 14.0. The summed E-state index contributed by atoms with van der Waals surface area (Å²) in [5, 5.41) is 0. The molecule has 0 aliphatic carbocycles. The Hall–Kier alpha value is -2.64. The van der Waals surface area contributed by atoms with Crippen molar-refractivity contribution in [3.05, 3.63) is 64.6 Å². The van der Waals surface area contributed by atoms with Gasteiger partial charge in [0.15, 0.2) is 0 Å². The predicted octanol–water partition coefficient (Wildman–Crippen LogP) is 2.94. The lowest BCUT2D eigenvalue weighted by Crippen LogP contribution is -2.29. The molecule has 26 heavy (non-hydrogen) atoms. The van der Waals surface area contributed by atoms with Crippen LogP contribution in [0.25, 0.3) is 10.4 Å². The van der Waals surface area contributed by atoms with Gasteiger partial charge < -0.3 is 16.1 Å². The van der Waals surface area contributed by atoms with E-state index in [0.29, 0.717) is 23.7 Å². The molecule has 0 bridgehead atoms. The number of thiophene rings is 1.